The van der Waals surface area contributed by atoms with Gasteiger partial charge in [0.2, 0.25) is 0 Å². The van der Waals surface area contributed by atoms with Crippen molar-refractivity contribution in [3.05, 3.63) is 40.4 Å². The molecule has 26 heavy (non-hydrogen) atoms. The lowest BCUT2D eigenvalue weighted by molar-refractivity contribution is -0.384. The predicted octanol–water partition coefficient (Wildman–Crippen LogP) is 1.36. The Labute approximate surface area is 149 Å². The fraction of sp³-hybridized carbons (Fsp3) is 0.412. The molecule has 0 saturated carbocycles. The molecule has 2 heterocycles. The number of carboxylic acid groups (broad SMARTS) is 1. The van der Waals surface area contributed by atoms with Crippen molar-refractivity contribution in [2.45, 2.75) is 6.10 Å². The van der Waals surface area contributed by atoms with Gasteiger partial charge in [-0.1, -0.05) is 0 Å². The summed E-state index contributed by atoms with van der Waals surface area (Å²) in [5.74, 6) is -0.0917. The summed E-state index contributed by atoms with van der Waals surface area (Å²) in [5.41, 5.74) is 0.735. The molecule has 0 aliphatic carbocycles. The highest BCUT2D eigenvalue weighted by molar-refractivity contribution is 5.82. The second-order valence-electron chi connectivity index (χ2n) is 6.33. The molecular weight excluding hydrogens is 340 g/mol. The molecule has 0 bridgehead atoms. The molecule has 1 saturated heterocycles. The van der Waals surface area contributed by atoms with Crippen molar-refractivity contribution in [1.29, 1.82) is 0 Å². The highest BCUT2D eigenvalue weighted by atomic mass is 16.6. The van der Waals surface area contributed by atoms with Crippen LogP contribution in [0, 0.1) is 10.1 Å². The van der Waals surface area contributed by atoms with E-state index in [1.54, 1.807) is 18.0 Å². The van der Waals surface area contributed by atoms with Crippen molar-refractivity contribution in [2.75, 3.05) is 44.7 Å². The number of aromatic nitrogens is 1. The highest BCUT2D eigenvalue weighted by Crippen LogP contribution is 2.23. The van der Waals surface area contributed by atoms with E-state index in [0.29, 0.717) is 37.1 Å². The topological polar surface area (TPSA) is 109 Å². The number of rotatable bonds is 6. The summed E-state index contributed by atoms with van der Waals surface area (Å²) in [6, 6.07) is 8.27. The summed E-state index contributed by atoms with van der Waals surface area (Å²) in [5, 5.41) is 20.4. The van der Waals surface area contributed by atoms with Crippen LogP contribution in [0.1, 0.15) is 0 Å². The minimum absolute atomic E-state index is 0.0349. The monoisotopic (exact) mass is 360 g/mol. The molecule has 1 atom stereocenters. The summed E-state index contributed by atoms with van der Waals surface area (Å²) >= 11 is 0. The van der Waals surface area contributed by atoms with Crippen LogP contribution in [0.15, 0.2) is 30.3 Å². The molecule has 1 N–H and O–H groups in total. The van der Waals surface area contributed by atoms with Crippen molar-refractivity contribution in [1.82, 2.24) is 9.88 Å². The van der Waals surface area contributed by atoms with Crippen molar-refractivity contribution < 1.29 is 19.6 Å². The van der Waals surface area contributed by atoms with E-state index in [1.165, 1.54) is 12.1 Å². The van der Waals surface area contributed by atoms with E-state index in [1.807, 2.05) is 12.1 Å². The van der Waals surface area contributed by atoms with Gasteiger partial charge in [-0.15, -0.1) is 0 Å². The van der Waals surface area contributed by atoms with Gasteiger partial charge in [-0.05, 0) is 25.2 Å². The van der Waals surface area contributed by atoms with Crippen LogP contribution < -0.4 is 4.90 Å². The lowest BCUT2D eigenvalue weighted by Gasteiger charge is -2.35. The normalized spacial score (nSPS) is 17.6. The summed E-state index contributed by atoms with van der Waals surface area (Å²) < 4.78 is 5.73. The molecule has 1 aliphatic heterocycles. The number of carbonyl (C=O) groups is 1. The van der Waals surface area contributed by atoms with Gasteiger partial charge < -0.3 is 14.7 Å². The Morgan fingerprint density at radius 1 is 1.46 bits per heavy atom. The van der Waals surface area contributed by atoms with Crippen LogP contribution in [0.2, 0.25) is 0 Å². The molecular formula is C17H20N4O5. The summed E-state index contributed by atoms with van der Waals surface area (Å²) in [4.78, 5) is 29.6. The number of morpholine rings is 1. The number of hydrogen-bond acceptors (Lipinski definition) is 7. The highest BCUT2D eigenvalue weighted by Gasteiger charge is 2.23. The standard InChI is InChI=1S/C17H20N4O5/c1-19(11-17(22)23)9-14-10-20(6-7-26-14)16-5-2-12-8-13(21(24)25)3-4-15(12)18-16/h2-5,8,14H,6-7,9-11H2,1H3,(H,22,23). The number of nitrogens with zero attached hydrogens (tertiary/aromatic N) is 4. The number of ether oxygens (including phenoxy) is 1. The number of likely N-dealkylation sites (N-methyl/N-ethyl adjacent to an activating group) is 1. The number of benzene rings is 1. The zero-order chi connectivity index (χ0) is 18.7. The number of fused-ring (bicyclic) bond motifs is 1. The first-order valence-electron chi connectivity index (χ1n) is 8.24. The SMILES string of the molecule is CN(CC(=O)O)CC1CN(c2ccc3cc([N+](=O)[O-])ccc3n2)CCO1. The summed E-state index contributed by atoms with van der Waals surface area (Å²) in [7, 11) is 1.75. The maximum absolute atomic E-state index is 10.9. The van der Waals surface area contributed by atoms with Gasteiger partial charge in [0, 0.05) is 37.2 Å². The fourth-order valence-corrected chi connectivity index (χ4v) is 3.07. The average molecular weight is 360 g/mol. The van der Waals surface area contributed by atoms with E-state index in [4.69, 9.17) is 9.84 Å². The Kier molecular flexibility index (Phi) is 5.29. The third-order valence-electron chi connectivity index (χ3n) is 4.25. The van der Waals surface area contributed by atoms with E-state index in [-0.39, 0.29) is 18.3 Å². The van der Waals surface area contributed by atoms with Crippen molar-refractivity contribution in [3.8, 4) is 0 Å². The molecule has 138 valence electrons. The number of nitro benzene ring substituents is 1. The van der Waals surface area contributed by atoms with Gasteiger partial charge >= 0.3 is 5.97 Å². The van der Waals surface area contributed by atoms with Crippen molar-refractivity contribution >= 4 is 28.4 Å². The van der Waals surface area contributed by atoms with Crippen molar-refractivity contribution in [3.63, 3.8) is 0 Å². The van der Waals surface area contributed by atoms with E-state index in [2.05, 4.69) is 9.88 Å². The van der Waals surface area contributed by atoms with E-state index >= 15 is 0 Å². The van der Waals surface area contributed by atoms with Crippen LogP contribution in [0.4, 0.5) is 11.5 Å². The first-order chi connectivity index (χ1) is 12.4. The third kappa shape index (κ3) is 4.24. The Balaban J connectivity index is 1.72. The van der Waals surface area contributed by atoms with Gasteiger partial charge in [0.05, 0.1) is 29.7 Å². The lowest BCUT2D eigenvalue weighted by atomic mass is 10.2. The van der Waals surface area contributed by atoms with Crippen LogP contribution in [0.5, 0.6) is 0 Å². The number of carboxylic acids is 1. The second-order valence-corrected chi connectivity index (χ2v) is 6.33. The van der Waals surface area contributed by atoms with Gasteiger partial charge in [0.15, 0.2) is 0 Å². The summed E-state index contributed by atoms with van der Waals surface area (Å²) in [6.45, 7) is 2.31. The van der Waals surface area contributed by atoms with Crippen molar-refractivity contribution in [2.24, 2.45) is 0 Å². The minimum atomic E-state index is -0.870. The number of anilines is 1. The molecule has 0 radical (unpaired) electrons. The molecule has 1 aromatic carbocycles. The third-order valence-corrected chi connectivity index (χ3v) is 4.25. The molecule has 3 rings (SSSR count). The maximum Gasteiger partial charge on any atom is 0.317 e. The van der Waals surface area contributed by atoms with E-state index in [9.17, 15) is 14.9 Å². The van der Waals surface area contributed by atoms with E-state index in [0.717, 1.165) is 5.82 Å². The minimum Gasteiger partial charge on any atom is -0.480 e. The first-order valence-corrected chi connectivity index (χ1v) is 8.24. The van der Waals surface area contributed by atoms with Crippen LogP contribution in [-0.2, 0) is 9.53 Å². The molecule has 0 amide bonds. The number of nitro groups is 1. The molecule has 1 aliphatic rings. The zero-order valence-electron chi connectivity index (χ0n) is 14.4. The molecule has 1 fully saturated rings. The average Bonchev–Trinajstić information content (AvgIpc) is 2.60. The fourth-order valence-electron chi connectivity index (χ4n) is 3.07. The Bertz CT molecular complexity index is 828. The van der Waals surface area contributed by atoms with E-state index < -0.39 is 10.9 Å². The molecule has 1 unspecified atom stereocenters. The van der Waals surface area contributed by atoms with Gasteiger partial charge in [-0.3, -0.25) is 19.8 Å². The predicted molar refractivity (Wildman–Crippen MR) is 95.5 cm³/mol. The Morgan fingerprint density at radius 2 is 2.27 bits per heavy atom. The van der Waals surface area contributed by atoms with Gasteiger partial charge in [-0.25, -0.2) is 4.98 Å². The maximum atomic E-state index is 10.9. The largest absolute Gasteiger partial charge is 0.480 e. The second kappa shape index (κ2) is 7.63. The van der Waals surface area contributed by atoms with Crippen LogP contribution in [-0.4, -0.2) is 71.8 Å². The molecule has 2 aromatic rings. The molecule has 9 heteroatoms. The van der Waals surface area contributed by atoms with Gasteiger partial charge in [0.1, 0.15) is 5.82 Å². The molecule has 0 spiro atoms. The first kappa shape index (κ1) is 18.0. The number of aliphatic carboxylic acids is 1. The number of hydrogen-bond donors (Lipinski definition) is 1. The van der Waals surface area contributed by atoms with Crippen LogP contribution in [0.25, 0.3) is 10.9 Å². The lowest BCUT2D eigenvalue weighted by Crippen LogP contribution is -2.48. The molecule has 1 aromatic heterocycles. The van der Waals surface area contributed by atoms with Gasteiger partial charge in [0.25, 0.3) is 5.69 Å². The van der Waals surface area contributed by atoms with Gasteiger partial charge in [-0.2, -0.15) is 0 Å². The number of pyridine rings is 1. The Hall–Kier alpha value is -2.78. The van der Waals surface area contributed by atoms with Crippen LogP contribution >= 0.6 is 0 Å². The Morgan fingerprint density at radius 3 is 3.00 bits per heavy atom. The smallest absolute Gasteiger partial charge is 0.317 e. The quantitative estimate of drug-likeness (QED) is 0.608. The number of non-ortho nitro benzene ring substituents is 1. The summed E-state index contributed by atoms with van der Waals surface area (Å²) in [6.07, 6.45) is -0.109. The zero-order valence-corrected chi connectivity index (χ0v) is 14.4. The van der Waals surface area contributed by atoms with Crippen LogP contribution in [0.3, 0.4) is 0 Å². The molecule has 9 nitrogen and oxygen atoms in total.